The van der Waals surface area contributed by atoms with Crippen LogP contribution in [0.3, 0.4) is 0 Å². The maximum atomic E-state index is 12.3. The monoisotopic (exact) mass is 301 g/mol. The van der Waals surface area contributed by atoms with E-state index in [0.717, 1.165) is 25.7 Å². The topological polar surface area (TPSA) is 38.1 Å². The Morgan fingerprint density at radius 2 is 1.86 bits per heavy atom. The SMILES string of the molecule is O=C(CCC(F)(F)F)N1C2CCC1CC(n1cccn1)C2. The van der Waals surface area contributed by atoms with E-state index in [-0.39, 0.29) is 24.0 Å². The zero-order valence-electron chi connectivity index (χ0n) is 11.6. The fourth-order valence-corrected chi connectivity index (χ4v) is 3.65. The minimum atomic E-state index is -4.26. The van der Waals surface area contributed by atoms with Crippen LogP contribution in [0, 0.1) is 0 Å². The van der Waals surface area contributed by atoms with E-state index in [0.29, 0.717) is 0 Å². The maximum Gasteiger partial charge on any atom is 0.389 e. The zero-order chi connectivity index (χ0) is 15.0. The highest BCUT2D eigenvalue weighted by atomic mass is 19.4. The van der Waals surface area contributed by atoms with Gasteiger partial charge in [-0.05, 0) is 31.7 Å². The quantitative estimate of drug-likeness (QED) is 0.861. The smallest absolute Gasteiger partial charge is 0.337 e. The molecule has 2 atom stereocenters. The molecular weight excluding hydrogens is 283 g/mol. The summed E-state index contributed by atoms with van der Waals surface area (Å²) in [5.74, 6) is -0.348. The average molecular weight is 301 g/mol. The molecule has 7 heteroatoms. The second-order valence-electron chi connectivity index (χ2n) is 5.91. The van der Waals surface area contributed by atoms with Gasteiger partial charge in [0.2, 0.25) is 5.91 Å². The molecule has 2 saturated heterocycles. The number of hydrogen-bond acceptors (Lipinski definition) is 2. The largest absolute Gasteiger partial charge is 0.389 e. The van der Waals surface area contributed by atoms with Gasteiger partial charge in [-0.3, -0.25) is 9.48 Å². The van der Waals surface area contributed by atoms with E-state index in [1.54, 1.807) is 11.1 Å². The molecule has 21 heavy (non-hydrogen) atoms. The Morgan fingerprint density at radius 3 is 2.38 bits per heavy atom. The minimum absolute atomic E-state index is 0.0682. The van der Waals surface area contributed by atoms with E-state index in [1.165, 1.54) is 0 Å². The van der Waals surface area contributed by atoms with E-state index in [9.17, 15) is 18.0 Å². The normalized spacial score (nSPS) is 28.9. The maximum absolute atomic E-state index is 12.3. The number of nitrogens with zero attached hydrogens (tertiary/aromatic N) is 3. The molecule has 0 N–H and O–H groups in total. The third-order valence-electron chi connectivity index (χ3n) is 4.52. The summed E-state index contributed by atoms with van der Waals surface area (Å²) in [5, 5.41) is 4.24. The predicted octanol–water partition coefficient (Wildman–Crippen LogP) is 2.92. The average Bonchev–Trinajstić information content (AvgIpc) is 3.02. The molecule has 0 aliphatic carbocycles. The predicted molar refractivity (Wildman–Crippen MR) is 69.4 cm³/mol. The highest BCUT2D eigenvalue weighted by molar-refractivity contribution is 5.77. The number of fused-ring (bicyclic) bond motifs is 2. The van der Waals surface area contributed by atoms with Gasteiger partial charge in [-0.2, -0.15) is 18.3 Å². The van der Waals surface area contributed by atoms with Gasteiger partial charge in [0.1, 0.15) is 0 Å². The first kappa shape index (κ1) is 14.4. The van der Waals surface area contributed by atoms with Crippen molar-refractivity contribution >= 4 is 5.91 Å². The van der Waals surface area contributed by atoms with Crippen molar-refractivity contribution < 1.29 is 18.0 Å². The van der Waals surface area contributed by atoms with Crippen LogP contribution in [0.2, 0.25) is 0 Å². The van der Waals surface area contributed by atoms with Gasteiger partial charge in [0.25, 0.3) is 0 Å². The van der Waals surface area contributed by atoms with Crippen molar-refractivity contribution in [2.45, 2.75) is 62.8 Å². The highest BCUT2D eigenvalue weighted by Gasteiger charge is 2.44. The van der Waals surface area contributed by atoms with Crippen molar-refractivity contribution in [2.75, 3.05) is 0 Å². The molecule has 4 nitrogen and oxygen atoms in total. The first-order valence-electron chi connectivity index (χ1n) is 7.31. The van der Waals surface area contributed by atoms with Crippen LogP contribution in [-0.2, 0) is 4.79 Å². The molecule has 2 unspecified atom stereocenters. The molecule has 0 radical (unpaired) electrons. The second kappa shape index (κ2) is 5.35. The van der Waals surface area contributed by atoms with Crippen LogP contribution < -0.4 is 0 Å². The second-order valence-corrected chi connectivity index (χ2v) is 5.91. The van der Waals surface area contributed by atoms with Crippen molar-refractivity contribution in [3.8, 4) is 0 Å². The third kappa shape index (κ3) is 3.06. The standard InChI is InChI=1S/C14H18F3N3O/c15-14(16,17)5-4-13(21)20-10-2-3-11(20)9-12(8-10)19-7-1-6-18-19/h1,6-7,10-12H,2-5,8-9H2. The first-order valence-corrected chi connectivity index (χ1v) is 7.31. The van der Waals surface area contributed by atoms with Gasteiger partial charge in [0.15, 0.2) is 0 Å². The van der Waals surface area contributed by atoms with Crippen molar-refractivity contribution in [2.24, 2.45) is 0 Å². The summed E-state index contributed by atoms with van der Waals surface area (Å²) in [6, 6.07) is 2.25. The van der Waals surface area contributed by atoms with Crippen LogP contribution in [0.15, 0.2) is 18.5 Å². The molecule has 116 valence electrons. The lowest BCUT2D eigenvalue weighted by atomic mass is 9.97. The Kier molecular flexibility index (Phi) is 3.67. The van der Waals surface area contributed by atoms with Crippen LogP contribution in [0.4, 0.5) is 13.2 Å². The van der Waals surface area contributed by atoms with E-state index in [4.69, 9.17) is 0 Å². The molecule has 2 aliphatic heterocycles. The van der Waals surface area contributed by atoms with Gasteiger partial charge in [-0.15, -0.1) is 0 Å². The summed E-state index contributed by atoms with van der Waals surface area (Å²) in [7, 11) is 0. The van der Waals surface area contributed by atoms with Gasteiger partial charge < -0.3 is 4.90 Å². The Balaban J connectivity index is 1.63. The molecule has 0 spiro atoms. The number of rotatable bonds is 3. The lowest BCUT2D eigenvalue weighted by molar-refractivity contribution is -0.152. The number of carbonyl (C=O) groups is 1. The minimum Gasteiger partial charge on any atom is -0.337 e. The fourth-order valence-electron chi connectivity index (χ4n) is 3.65. The number of piperidine rings is 1. The van der Waals surface area contributed by atoms with E-state index in [1.807, 2.05) is 16.9 Å². The van der Waals surface area contributed by atoms with Crippen LogP contribution in [-0.4, -0.2) is 38.8 Å². The number of hydrogen-bond donors (Lipinski definition) is 0. The molecule has 2 aliphatic rings. The van der Waals surface area contributed by atoms with E-state index >= 15 is 0 Å². The summed E-state index contributed by atoms with van der Waals surface area (Å²) in [6.45, 7) is 0. The summed E-state index contributed by atoms with van der Waals surface area (Å²) >= 11 is 0. The van der Waals surface area contributed by atoms with Crippen molar-refractivity contribution in [3.05, 3.63) is 18.5 Å². The van der Waals surface area contributed by atoms with Crippen molar-refractivity contribution in [1.29, 1.82) is 0 Å². The third-order valence-corrected chi connectivity index (χ3v) is 4.52. The van der Waals surface area contributed by atoms with Crippen LogP contribution in [0.25, 0.3) is 0 Å². The molecule has 3 rings (SSSR count). The number of amides is 1. The Labute approximate surface area is 120 Å². The molecule has 3 heterocycles. The number of halogens is 3. The Bertz CT molecular complexity index is 486. The number of alkyl halides is 3. The Hall–Kier alpha value is -1.53. The molecule has 2 bridgehead atoms. The fraction of sp³-hybridized carbons (Fsp3) is 0.714. The molecule has 0 aromatic carbocycles. The van der Waals surface area contributed by atoms with Crippen LogP contribution in [0.5, 0.6) is 0 Å². The van der Waals surface area contributed by atoms with Crippen LogP contribution >= 0.6 is 0 Å². The molecule has 0 saturated carbocycles. The zero-order valence-corrected chi connectivity index (χ0v) is 11.6. The van der Waals surface area contributed by atoms with Gasteiger partial charge in [-0.1, -0.05) is 0 Å². The number of aromatic nitrogens is 2. The van der Waals surface area contributed by atoms with E-state index in [2.05, 4.69) is 5.10 Å². The summed E-state index contributed by atoms with van der Waals surface area (Å²) in [6.07, 6.45) is 1.27. The summed E-state index contributed by atoms with van der Waals surface area (Å²) < 4.78 is 38.7. The first-order chi connectivity index (χ1) is 9.94. The van der Waals surface area contributed by atoms with Gasteiger partial charge in [-0.25, -0.2) is 0 Å². The van der Waals surface area contributed by atoms with Crippen molar-refractivity contribution in [3.63, 3.8) is 0 Å². The molecule has 1 aromatic heterocycles. The molecule has 1 aromatic rings. The van der Waals surface area contributed by atoms with Gasteiger partial charge >= 0.3 is 6.18 Å². The van der Waals surface area contributed by atoms with E-state index < -0.39 is 19.0 Å². The number of carbonyl (C=O) groups excluding carboxylic acids is 1. The van der Waals surface area contributed by atoms with Crippen LogP contribution in [0.1, 0.15) is 44.6 Å². The van der Waals surface area contributed by atoms with Gasteiger partial charge in [0, 0.05) is 30.9 Å². The van der Waals surface area contributed by atoms with Crippen molar-refractivity contribution in [1.82, 2.24) is 14.7 Å². The van der Waals surface area contributed by atoms with Gasteiger partial charge in [0.05, 0.1) is 12.5 Å². The Morgan fingerprint density at radius 1 is 1.19 bits per heavy atom. The molecule has 1 amide bonds. The summed E-state index contributed by atoms with van der Waals surface area (Å²) in [4.78, 5) is 13.8. The molecular formula is C14H18F3N3O. The lowest BCUT2D eigenvalue weighted by Gasteiger charge is -2.39. The summed E-state index contributed by atoms with van der Waals surface area (Å²) in [5.41, 5.74) is 0. The highest BCUT2D eigenvalue weighted by Crippen LogP contribution is 2.41. The lowest BCUT2D eigenvalue weighted by Crippen LogP contribution is -2.47. The molecule has 2 fully saturated rings.